The van der Waals surface area contributed by atoms with Crippen LogP contribution in [0.2, 0.25) is 0 Å². The van der Waals surface area contributed by atoms with Crippen molar-refractivity contribution < 1.29 is 4.79 Å². The number of amides is 1. The average Bonchev–Trinajstić information content (AvgIpc) is 2.77. The minimum Gasteiger partial charge on any atom is -0.365 e. The van der Waals surface area contributed by atoms with Gasteiger partial charge in [-0.05, 0) is 54.2 Å². The second-order valence-corrected chi connectivity index (χ2v) is 6.88. The molecule has 2 aromatic carbocycles. The third-order valence-electron chi connectivity index (χ3n) is 4.47. The summed E-state index contributed by atoms with van der Waals surface area (Å²) in [6.45, 7) is 0.974. The van der Waals surface area contributed by atoms with E-state index >= 15 is 0 Å². The summed E-state index contributed by atoms with van der Waals surface area (Å²) < 4.78 is 0.436. The van der Waals surface area contributed by atoms with Crippen molar-refractivity contribution in [3.05, 3.63) is 94.5 Å². The predicted molar refractivity (Wildman–Crippen MR) is 116 cm³/mol. The summed E-state index contributed by atoms with van der Waals surface area (Å²) >= 11 is 5.21. The number of benzene rings is 2. The Bertz CT molecular complexity index is 1190. The number of H-pyrrole nitrogens is 1. The highest BCUT2D eigenvalue weighted by molar-refractivity contribution is 7.71. The molecule has 0 fully saturated rings. The van der Waals surface area contributed by atoms with E-state index in [-0.39, 0.29) is 5.91 Å². The van der Waals surface area contributed by atoms with E-state index in [4.69, 9.17) is 12.2 Å². The van der Waals surface area contributed by atoms with Crippen molar-refractivity contribution in [2.75, 3.05) is 5.32 Å². The molecule has 3 N–H and O–H groups in total. The van der Waals surface area contributed by atoms with Gasteiger partial charge < -0.3 is 15.6 Å². The molecule has 1 amide bonds. The van der Waals surface area contributed by atoms with E-state index in [2.05, 4.69) is 25.6 Å². The number of rotatable bonds is 6. The van der Waals surface area contributed by atoms with E-state index in [1.807, 2.05) is 66.7 Å². The minimum atomic E-state index is -0.128. The first-order chi connectivity index (χ1) is 14.2. The largest absolute Gasteiger partial charge is 0.365 e. The molecule has 2 aromatic heterocycles. The molecule has 4 aromatic rings. The molecule has 0 radical (unpaired) electrons. The number of aromatic amines is 1. The molecule has 0 saturated carbocycles. The van der Waals surface area contributed by atoms with Crippen LogP contribution in [-0.2, 0) is 13.1 Å². The Hall–Kier alpha value is -3.58. The number of hydrogen-bond donors (Lipinski definition) is 3. The number of hydrogen-bond acceptors (Lipinski definition) is 5. The van der Waals surface area contributed by atoms with Crippen molar-refractivity contribution in [1.29, 1.82) is 0 Å². The van der Waals surface area contributed by atoms with Gasteiger partial charge in [-0.2, -0.15) is 0 Å². The molecular formula is C22H19N5OS. The lowest BCUT2D eigenvalue weighted by Crippen LogP contribution is -2.23. The summed E-state index contributed by atoms with van der Waals surface area (Å²) in [5.41, 5.74) is 3.41. The molecule has 6 nitrogen and oxygen atoms in total. The SMILES string of the molecule is O=C(NCc1ccccn1)c1ccc(CNc2nc(=S)[nH]c3ccccc23)cc1. The average molecular weight is 401 g/mol. The topological polar surface area (TPSA) is 82.7 Å². The van der Waals surface area contributed by atoms with E-state index < -0.39 is 0 Å². The molecule has 0 aliphatic carbocycles. The van der Waals surface area contributed by atoms with E-state index in [0.717, 1.165) is 28.0 Å². The Morgan fingerprint density at radius 1 is 0.966 bits per heavy atom. The molecule has 0 bridgehead atoms. The molecule has 0 aliphatic rings. The Morgan fingerprint density at radius 3 is 2.55 bits per heavy atom. The number of nitrogens with one attached hydrogen (secondary N) is 3. The number of carbonyl (C=O) groups is 1. The quantitative estimate of drug-likeness (QED) is 0.421. The van der Waals surface area contributed by atoms with Crippen LogP contribution >= 0.6 is 12.2 Å². The summed E-state index contributed by atoms with van der Waals surface area (Å²) in [6.07, 6.45) is 1.71. The van der Waals surface area contributed by atoms with Crippen LogP contribution in [0.25, 0.3) is 10.9 Å². The fourth-order valence-corrected chi connectivity index (χ4v) is 3.17. The van der Waals surface area contributed by atoms with Gasteiger partial charge in [-0.15, -0.1) is 0 Å². The highest BCUT2D eigenvalue weighted by atomic mass is 32.1. The van der Waals surface area contributed by atoms with Gasteiger partial charge in [0.1, 0.15) is 5.82 Å². The molecular weight excluding hydrogens is 382 g/mol. The van der Waals surface area contributed by atoms with E-state index in [1.54, 1.807) is 6.20 Å². The number of fused-ring (bicyclic) bond motifs is 1. The monoisotopic (exact) mass is 401 g/mol. The van der Waals surface area contributed by atoms with Crippen molar-refractivity contribution >= 4 is 34.8 Å². The van der Waals surface area contributed by atoms with Gasteiger partial charge in [0.15, 0.2) is 4.77 Å². The predicted octanol–water partition coefficient (Wildman–Crippen LogP) is 4.23. The summed E-state index contributed by atoms with van der Waals surface area (Å²) in [6, 6.07) is 21.0. The van der Waals surface area contributed by atoms with Crippen LogP contribution in [0.3, 0.4) is 0 Å². The summed E-state index contributed by atoms with van der Waals surface area (Å²) in [5, 5.41) is 7.19. The summed E-state index contributed by atoms with van der Waals surface area (Å²) in [4.78, 5) is 24.0. The van der Waals surface area contributed by atoms with Crippen LogP contribution in [0.1, 0.15) is 21.6 Å². The van der Waals surface area contributed by atoms with Crippen LogP contribution in [0.15, 0.2) is 72.9 Å². The number of nitrogens with zero attached hydrogens (tertiary/aromatic N) is 2. The zero-order valence-electron chi connectivity index (χ0n) is 15.6. The maximum atomic E-state index is 12.3. The third kappa shape index (κ3) is 4.64. The minimum absolute atomic E-state index is 0.128. The Morgan fingerprint density at radius 2 is 1.76 bits per heavy atom. The normalized spacial score (nSPS) is 10.6. The molecule has 0 aliphatic heterocycles. The lowest BCUT2D eigenvalue weighted by molar-refractivity contribution is 0.0950. The molecule has 0 atom stereocenters. The van der Waals surface area contributed by atoms with Gasteiger partial charge in [-0.3, -0.25) is 9.78 Å². The second kappa shape index (κ2) is 8.62. The molecule has 0 spiro atoms. The molecule has 4 rings (SSSR count). The molecule has 144 valence electrons. The van der Waals surface area contributed by atoms with Crippen LogP contribution in [0.5, 0.6) is 0 Å². The van der Waals surface area contributed by atoms with Gasteiger partial charge in [0, 0.05) is 23.7 Å². The van der Waals surface area contributed by atoms with Crippen LogP contribution in [0, 0.1) is 4.77 Å². The summed E-state index contributed by atoms with van der Waals surface area (Å²) in [5.74, 6) is 0.610. The van der Waals surface area contributed by atoms with Crippen LogP contribution in [-0.4, -0.2) is 20.9 Å². The van der Waals surface area contributed by atoms with Gasteiger partial charge in [-0.1, -0.05) is 30.3 Å². The molecule has 0 saturated heterocycles. The van der Waals surface area contributed by atoms with Crippen molar-refractivity contribution in [3.8, 4) is 0 Å². The smallest absolute Gasteiger partial charge is 0.251 e. The van der Waals surface area contributed by atoms with Gasteiger partial charge in [0.25, 0.3) is 5.91 Å². The number of para-hydroxylation sites is 1. The summed E-state index contributed by atoms with van der Waals surface area (Å²) in [7, 11) is 0. The Labute approximate surface area is 173 Å². The molecule has 2 heterocycles. The molecule has 29 heavy (non-hydrogen) atoms. The Balaban J connectivity index is 1.40. The fourth-order valence-electron chi connectivity index (χ4n) is 2.97. The number of anilines is 1. The lowest BCUT2D eigenvalue weighted by Gasteiger charge is -2.10. The fraction of sp³-hybridized carbons (Fsp3) is 0.0909. The van der Waals surface area contributed by atoms with Gasteiger partial charge >= 0.3 is 0 Å². The number of pyridine rings is 1. The van der Waals surface area contributed by atoms with Gasteiger partial charge in [-0.25, -0.2) is 4.98 Å². The van der Waals surface area contributed by atoms with Crippen LogP contribution in [0.4, 0.5) is 5.82 Å². The van der Waals surface area contributed by atoms with E-state index in [0.29, 0.717) is 23.4 Å². The standard InChI is InChI=1S/C22H19N5OS/c28-21(25-14-17-5-3-4-12-23-17)16-10-8-15(9-11-16)13-24-20-18-6-1-2-7-19(18)26-22(29)27-20/h1-12H,13-14H2,(H,25,28)(H2,24,26,27,29). The highest BCUT2D eigenvalue weighted by Crippen LogP contribution is 2.19. The first-order valence-electron chi connectivity index (χ1n) is 9.19. The molecule has 0 unspecified atom stereocenters. The second-order valence-electron chi connectivity index (χ2n) is 6.49. The maximum absolute atomic E-state index is 12.3. The van der Waals surface area contributed by atoms with Crippen molar-refractivity contribution in [1.82, 2.24) is 20.3 Å². The van der Waals surface area contributed by atoms with Crippen molar-refractivity contribution in [3.63, 3.8) is 0 Å². The maximum Gasteiger partial charge on any atom is 0.251 e. The van der Waals surface area contributed by atoms with Gasteiger partial charge in [0.2, 0.25) is 0 Å². The zero-order valence-corrected chi connectivity index (χ0v) is 16.4. The van der Waals surface area contributed by atoms with Gasteiger partial charge in [0.05, 0.1) is 17.8 Å². The lowest BCUT2D eigenvalue weighted by atomic mass is 10.1. The van der Waals surface area contributed by atoms with Crippen LogP contribution < -0.4 is 10.6 Å². The van der Waals surface area contributed by atoms with Crippen molar-refractivity contribution in [2.45, 2.75) is 13.1 Å². The zero-order chi connectivity index (χ0) is 20.1. The molecule has 7 heteroatoms. The number of carbonyl (C=O) groups excluding carboxylic acids is 1. The van der Waals surface area contributed by atoms with Crippen molar-refractivity contribution in [2.24, 2.45) is 0 Å². The number of aromatic nitrogens is 3. The first kappa shape index (κ1) is 18.8. The first-order valence-corrected chi connectivity index (χ1v) is 9.60. The van der Waals surface area contributed by atoms with E-state index in [1.165, 1.54) is 0 Å². The third-order valence-corrected chi connectivity index (χ3v) is 4.66. The Kier molecular flexibility index (Phi) is 5.58. The van der Waals surface area contributed by atoms with E-state index in [9.17, 15) is 4.79 Å². The highest BCUT2D eigenvalue weighted by Gasteiger charge is 2.07.